The van der Waals surface area contributed by atoms with Crippen molar-refractivity contribution >= 4 is 28.7 Å². The second-order valence-corrected chi connectivity index (χ2v) is 8.13. The first-order chi connectivity index (χ1) is 14.8. The summed E-state index contributed by atoms with van der Waals surface area (Å²) in [5.41, 5.74) is 1.16. The second kappa shape index (κ2) is 8.68. The molecule has 0 aliphatic rings. The molecule has 0 heterocycles. The number of rotatable bonds is 6. The molecule has 1 amide bonds. The smallest absolute Gasteiger partial charge is 0.229 e. The van der Waals surface area contributed by atoms with Crippen LogP contribution in [0.5, 0.6) is 17.2 Å². The Labute approximate surface area is 182 Å². The molecule has 0 unspecified atom stereocenters. The lowest BCUT2D eigenvalue weighted by atomic mass is 9.91. The number of benzene rings is 3. The van der Waals surface area contributed by atoms with E-state index in [-0.39, 0.29) is 11.5 Å². The Morgan fingerprint density at radius 3 is 2.16 bits per heavy atom. The largest absolute Gasteiger partial charge is 0.496 e. The van der Waals surface area contributed by atoms with Crippen molar-refractivity contribution in [2.45, 2.75) is 20.8 Å². The van der Waals surface area contributed by atoms with Crippen molar-refractivity contribution in [3.05, 3.63) is 48.0 Å². The minimum absolute atomic E-state index is 0.223. The van der Waals surface area contributed by atoms with E-state index in [0.717, 1.165) is 17.1 Å². The van der Waals surface area contributed by atoms with Crippen molar-refractivity contribution in [2.75, 3.05) is 26.6 Å². The van der Waals surface area contributed by atoms with Crippen LogP contribution in [0.25, 0.3) is 21.9 Å². The van der Waals surface area contributed by atoms with Crippen molar-refractivity contribution in [3.8, 4) is 28.4 Å². The third-order valence-corrected chi connectivity index (χ3v) is 5.12. The van der Waals surface area contributed by atoms with Gasteiger partial charge in [-0.1, -0.05) is 51.1 Å². The maximum atomic E-state index is 12.7. The van der Waals surface area contributed by atoms with Gasteiger partial charge in [0.15, 0.2) is 17.8 Å². The first-order valence-electron chi connectivity index (χ1n) is 9.88. The molecule has 31 heavy (non-hydrogen) atoms. The van der Waals surface area contributed by atoms with Crippen LogP contribution in [0.1, 0.15) is 31.1 Å². The fourth-order valence-electron chi connectivity index (χ4n) is 3.47. The van der Waals surface area contributed by atoms with Crippen LogP contribution in [0, 0.1) is 5.41 Å². The molecule has 0 aromatic heterocycles. The predicted octanol–water partition coefficient (Wildman–Crippen LogP) is 5.33. The lowest BCUT2D eigenvalue weighted by molar-refractivity contribution is -0.123. The first kappa shape index (κ1) is 22.2. The van der Waals surface area contributed by atoms with Gasteiger partial charge in [0, 0.05) is 28.2 Å². The summed E-state index contributed by atoms with van der Waals surface area (Å²) in [6, 6.07) is 13.2. The topological polar surface area (TPSA) is 73.9 Å². The molecule has 3 aromatic rings. The van der Waals surface area contributed by atoms with E-state index in [4.69, 9.17) is 14.2 Å². The number of carbonyl (C=O) groups is 2. The van der Waals surface area contributed by atoms with E-state index >= 15 is 0 Å². The fourth-order valence-corrected chi connectivity index (χ4v) is 3.47. The number of hydrogen-bond acceptors (Lipinski definition) is 5. The summed E-state index contributed by atoms with van der Waals surface area (Å²) >= 11 is 0. The lowest BCUT2D eigenvalue weighted by Crippen LogP contribution is -2.28. The molecule has 3 aromatic carbocycles. The Balaban J connectivity index is 2.45. The van der Waals surface area contributed by atoms with Gasteiger partial charge < -0.3 is 19.5 Å². The summed E-state index contributed by atoms with van der Waals surface area (Å²) in [7, 11) is 4.60. The zero-order chi connectivity index (χ0) is 22.8. The third kappa shape index (κ3) is 4.06. The highest BCUT2D eigenvalue weighted by Gasteiger charge is 2.28. The van der Waals surface area contributed by atoms with Crippen molar-refractivity contribution < 1.29 is 23.8 Å². The molecule has 0 saturated carbocycles. The van der Waals surface area contributed by atoms with Gasteiger partial charge in [-0.2, -0.15) is 0 Å². The maximum Gasteiger partial charge on any atom is 0.229 e. The quantitative estimate of drug-likeness (QED) is 0.545. The Hall–Kier alpha value is -3.54. The van der Waals surface area contributed by atoms with Crippen LogP contribution in [0.4, 0.5) is 5.69 Å². The number of ether oxygens (including phenoxy) is 3. The van der Waals surface area contributed by atoms with E-state index in [1.54, 1.807) is 33.9 Å². The number of methoxy groups -OCH3 is 3. The zero-order valence-electron chi connectivity index (χ0n) is 18.7. The highest BCUT2D eigenvalue weighted by atomic mass is 16.5. The zero-order valence-corrected chi connectivity index (χ0v) is 18.7. The molecule has 0 atom stereocenters. The average molecular weight is 421 g/mol. The Morgan fingerprint density at radius 1 is 0.903 bits per heavy atom. The molecular weight excluding hydrogens is 394 g/mol. The van der Waals surface area contributed by atoms with Crippen LogP contribution in [0.2, 0.25) is 0 Å². The van der Waals surface area contributed by atoms with Gasteiger partial charge in [0.05, 0.1) is 27.0 Å². The van der Waals surface area contributed by atoms with Gasteiger partial charge in [0.2, 0.25) is 5.91 Å². The molecule has 0 aliphatic carbocycles. The van der Waals surface area contributed by atoms with Gasteiger partial charge in [-0.25, -0.2) is 0 Å². The molecule has 0 radical (unpaired) electrons. The molecule has 0 spiro atoms. The molecule has 6 heteroatoms. The minimum atomic E-state index is -0.648. The lowest BCUT2D eigenvalue weighted by Gasteiger charge is -2.23. The normalized spacial score (nSPS) is 11.2. The molecule has 0 bridgehead atoms. The van der Waals surface area contributed by atoms with E-state index in [0.29, 0.717) is 34.1 Å². The molecule has 1 N–H and O–H groups in total. The van der Waals surface area contributed by atoms with Crippen LogP contribution in [0.3, 0.4) is 0 Å². The van der Waals surface area contributed by atoms with Crippen molar-refractivity contribution in [3.63, 3.8) is 0 Å². The standard InChI is InChI=1S/C25H27NO5/c1-25(2,3)24(28)26-18-13-20(30-5)23(31-6)22(17(18)14-27)21-16-10-8-7-9-15(16)11-12-19(21)29-4/h7-14H,1-6H3,(H,26,28). The number of nitrogens with one attached hydrogen (secondary N) is 1. The van der Waals surface area contributed by atoms with Crippen molar-refractivity contribution in [1.82, 2.24) is 0 Å². The van der Waals surface area contributed by atoms with Gasteiger partial charge in [0.1, 0.15) is 5.75 Å². The van der Waals surface area contributed by atoms with Crippen LogP contribution >= 0.6 is 0 Å². The second-order valence-electron chi connectivity index (χ2n) is 8.13. The van der Waals surface area contributed by atoms with E-state index in [1.807, 2.05) is 36.4 Å². The summed E-state index contributed by atoms with van der Waals surface area (Å²) in [6.07, 6.45) is 0.719. The van der Waals surface area contributed by atoms with E-state index < -0.39 is 5.41 Å². The van der Waals surface area contributed by atoms with Gasteiger partial charge in [-0.05, 0) is 16.8 Å². The molecule has 3 rings (SSSR count). The van der Waals surface area contributed by atoms with E-state index in [9.17, 15) is 9.59 Å². The first-order valence-corrected chi connectivity index (χ1v) is 9.88. The van der Waals surface area contributed by atoms with Crippen molar-refractivity contribution in [1.29, 1.82) is 0 Å². The Morgan fingerprint density at radius 2 is 1.58 bits per heavy atom. The highest BCUT2D eigenvalue weighted by Crippen LogP contribution is 2.49. The van der Waals surface area contributed by atoms with Crippen LogP contribution in [0.15, 0.2) is 42.5 Å². The highest BCUT2D eigenvalue weighted by molar-refractivity contribution is 6.10. The SMILES string of the molecule is COc1cc(NC(=O)C(C)(C)C)c(C=O)c(-c2c(OC)ccc3ccccc23)c1OC. The van der Waals surface area contributed by atoms with Crippen LogP contribution in [-0.2, 0) is 4.79 Å². The summed E-state index contributed by atoms with van der Waals surface area (Å²) < 4.78 is 16.9. The number of carbonyl (C=O) groups excluding carboxylic acids is 2. The molecule has 162 valence electrons. The van der Waals surface area contributed by atoms with Crippen molar-refractivity contribution in [2.24, 2.45) is 5.41 Å². The van der Waals surface area contributed by atoms with Gasteiger partial charge >= 0.3 is 0 Å². The predicted molar refractivity (Wildman–Crippen MR) is 123 cm³/mol. The van der Waals surface area contributed by atoms with E-state index in [1.165, 1.54) is 14.2 Å². The monoisotopic (exact) mass is 421 g/mol. The Kier molecular flexibility index (Phi) is 6.20. The minimum Gasteiger partial charge on any atom is -0.496 e. The number of anilines is 1. The number of hydrogen-bond donors (Lipinski definition) is 1. The van der Waals surface area contributed by atoms with Gasteiger partial charge in [-0.15, -0.1) is 0 Å². The molecule has 0 aliphatic heterocycles. The number of amides is 1. The fraction of sp³-hybridized carbons (Fsp3) is 0.280. The Bertz CT molecular complexity index is 1140. The van der Waals surface area contributed by atoms with Crippen LogP contribution in [-0.4, -0.2) is 33.5 Å². The summed E-state index contributed by atoms with van der Waals surface area (Å²) in [5, 5.41) is 4.73. The molecule has 0 fully saturated rings. The molecule has 6 nitrogen and oxygen atoms in total. The van der Waals surface area contributed by atoms with Crippen LogP contribution < -0.4 is 19.5 Å². The van der Waals surface area contributed by atoms with Gasteiger partial charge in [0.25, 0.3) is 0 Å². The molecule has 0 saturated heterocycles. The van der Waals surface area contributed by atoms with Gasteiger partial charge in [-0.3, -0.25) is 9.59 Å². The summed E-state index contributed by atoms with van der Waals surface area (Å²) in [6.45, 7) is 5.41. The number of fused-ring (bicyclic) bond motifs is 1. The average Bonchev–Trinajstić information content (AvgIpc) is 2.76. The number of aldehydes is 1. The third-order valence-electron chi connectivity index (χ3n) is 5.12. The maximum absolute atomic E-state index is 12.7. The summed E-state index contributed by atoms with van der Waals surface area (Å²) in [4.78, 5) is 25.1. The molecular formula is C25H27NO5. The summed E-state index contributed by atoms with van der Waals surface area (Å²) in [5.74, 6) is 1.12. The van der Waals surface area contributed by atoms with E-state index in [2.05, 4.69) is 5.32 Å².